The zero-order valence-electron chi connectivity index (χ0n) is 11.3. The van der Waals surface area contributed by atoms with Crippen molar-refractivity contribution in [3.8, 4) is 0 Å². The van der Waals surface area contributed by atoms with Gasteiger partial charge in [-0.2, -0.15) is 0 Å². The molecule has 2 heteroatoms. The molecule has 0 amide bonds. The first-order chi connectivity index (χ1) is 9.79. The van der Waals surface area contributed by atoms with Crippen molar-refractivity contribution < 1.29 is 9.90 Å². The van der Waals surface area contributed by atoms with Crippen LogP contribution in [0.4, 0.5) is 0 Å². The Morgan fingerprint density at radius 3 is 1.75 bits per heavy atom. The smallest absolute Gasteiger partial charge is 0.153 e. The molecule has 3 rings (SSSR count). The molecule has 0 atom stereocenters. The van der Waals surface area contributed by atoms with E-state index in [9.17, 15) is 9.90 Å². The summed E-state index contributed by atoms with van der Waals surface area (Å²) in [6.07, 6.45) is 1.89. The molecule has 0 aliphatic heterocycles. The number of Topliss-reactive ketones (excluding diaryl/α,β-unsaturated/α-hetero) is 1. The number of aliphatic hydroxyl groups excluding tert-OH is 1. The van der Waals surface area contributed by atoms with Crippen LogP contribution in [0, 0.1) is 5.92 Å². The van der Waals surface area contributed by atoms with E-state index in [-0.39, 0.29) is 18.3 Å². The lowest BCUT2D eigenvalue weighted by Gasteiger charge is -2.32. The highest BCUT2D eigenvalue weighted by Gasteiger charge is 2.47. The van der Waals surface area contributed by atoms with Crippen molar-refractivity contribution in [2.24, 2.45) is 5.92 Å². The average Bonchev–Trinajstić information content (AvgIpc) is 3.35. The van der Waals surface area contributed by atoms with Gasteiger partial charge in [-0.1, -0.05) is 60.7 Å². The van der Waals surface area contributed by atoms with E-state index in [0.29, 0.717) is 0 Å². The van der Waals surface area contributed by atoms with Crippen LogP contribution in [-0.4, -0.2) is 17.5 Å². The third-order valence-corrected chi connectivity index (χ3v) is 4.14. The van der Waals surface area contributed by atoms with E-state index in [0.717, 1.165) is 24.0 Å². The highest BCUT2D eigenvalue weighted by atomic mass is 16.3. The van der Waals surface area contributed by atoms with Crippen LogP contribution in [-0.2, 0) is 10.2 Å². The second-order valence-electron chi connectivity index (χ2n) is 5.43. The van der Waals surface area contributed by atoms with Crippen LogP contribution in [0.25, 0.3) is 0 Å². The molecule has 2 aromatic carbocycles. The second-order valence-corrected chi connectivity index (χ2v) is 5.43. The molecule has 0 heterocycles. The Bertz CT molecular complexity index is 546. The van der Waals surface area contributed by atoms with Gasteiger partial charge in [0.2, 0.25) is 0 Å². The zero-order valence-corrected chi connectivity index (χ0v) is 11.3. The quantitative estimate of drug-likeness (QED) is 0.903. The first-order valence-electron chi connectivity index (χ1n) is 7.05. The summed E-state index contributed by atoms with van der Waals surface area (Å²) < 4.78 is 0. The number of carbonyl (C=O) groups is 1. The lowest BCUT2D eigenvalue weighted by Crippen LogP contribution is -2.42. The van der Waals surface area contributed by atoms with Gasteiger partial charge in [0.15, 0.2) is 5.78 Å². The molecule has 0 radical (unpaired) electrons. The minimum absolute atomic E-state index is 0.0996. The molecule has 0 unspecified atom stereocenters. The van der Waals surface area contributed by atoms with Crippen molar-refractivity contribution in [1.29, 1.82) is 0 Å². The molecule has 0 spiro atoms. The molecule has 1 saturated carbocycles. The fraction of sp³-hybridized carbons (Fsp3) is 0.278. The minimum Gasteiger partial charge on any atom is -0.395 e. The summed E-state index contributed by atoms with van der Waals surface area (Å²) >= 11 is 0. The topological polar surface area (TPSA) is 37.3 Å². The van der Waals surface area contributed by atoms with Crippen molar-refractivity contribution >= 4 is 5.78 Å². The molecule has 1 N–H and O–H groups in total. The third kappa shape index (κ3) is 2.06. The van der Waals surface area contributed by atoms with Gasteiger partial charge in [-0.05, 0) is 24.0 Å². The van der Waals surface area contributed by atoms with E-state index >= 15 is 0 Å². The number of hydrogen-bond acceptors (Lipinski definition) is 2. The minimum atomic E-state index is -0.913. The van der Waals surface area contributed by atoms with E-state index in [1.807, 2.05) is 60.7 Å². The zero-order chi connectivity index (χ0) is 14.0. The van der Waals surface area contributed by atoms with Gasteiger partial charge in [0.05, 0.1) is 6.61 Å². The van der Waals surface area contributed by atoms with Crippen molar-refractivity contribution in [3.05, 3.63) is 71.8 Å². The number of ketones is 1. The van der Waals surface area contributed by atoms with Gasteiger partial charge >= 0.3 is 0 Å². The first-order valence-corrected chi connectivity index (χ1v) is 7.05. The van der Waals surface area contributed by atoms with Gasteiger partial charge < -0.3 is 5.11 Å². The maximum absolute atomic E-state index is 12.9. The normalized spacial score (nSPS) is 15.1. The Hall–Kier alpha value is -1.93. The van der Waals surface area contributed by atoms with Gasteiger partial charge in [-0.15, -0.1) is 0 Å². The molecule has 2 aromatic rings. The Balaban J connectivity index is 2.18. The van der Waals surface area contributed by atoms with Crippen LogP contribution >= 0.6 is 0 Å². The predicted molar refractivity (Wildman–Crippen MR) is 78.5 cm³/mol. The summed E-state index contributed by atoms with van der Waals surface area (Å²) in [4.78, 5) is 12.9. The number of aliphatic hydroxyl groups is 1. The molecule has 0 aromatic heterocycles. The summed E-state index contributed by atoms with van der Waals surface area (Å²) in [5.41, 5.74) is 0.847. The standard InChI is InChI=1S/C18H18O2/c19-13-18(17(20)14-11-12-14,15-7-3-1-4-8-15)16-9-5-2-6-10-16/h1-10,14,19H,11-13H2. The van der Waals surface area contributed by atoms with Crippen LogP contribution in [0.15, 0.2) is 60.7 Å². The van der Waals surface area contributed by atoms with Gasteiger partial charge in [0, 0.05) is 5.92 Å². The fourth-order valence-electron chi connectivity index (χ4n) is 2.85. The molecule has 0 saturated heterocycles. The van der Waals surface area contributed by atoms with Gasteiger partial charge in [0.25, 0.3) is 0 Å². The molecule has 1 aliphatic rings. The highest BCUT2D eigenvalue weighted by Crippen LogP contribution is 2.42. The highest BCUT2D eigenvalue weighted by molar-refractivity contribution is 5.97. The van der Waals surface area contributed by atoms with Gasteiger partial charge in [-0.25, -0.2) is 0 Å². The molecule has 0 bridgehead atoms. The van der Waals surface area contributed by atoms with Crippen LogP contribution in [0.2, 0.25) is 0 Å². The number of carbonyl (C=O) groups excluding carboxylic acids is 1. The second kappa shape index (κ2) is 5.22. The van der Waals surface area contributed by atoms with E-state index in [1.165, 1.54) is 0 Å². The van der Waals surface area contributed by atoms with Crippen LogP contribution in [0.1, 0.15) is 24.0 Å². The summed E-state index contributed by atoms with van der Waals surface area (Å²) in [5.74, 6) is 0.250. The number of rotatable bonds is 5. The van der Waals surface area contributed by atoms with E-state index in [4.69, 9.17) is 0 Å². The Kier molecular flexibility index (Phi) is 3.41. The third-order valence-electron chi connectivity index (χ3n) is 4.14. The average molecular weight is 266 g/mol. The van der Waals surface area contributed by atoms with Gasteiger partial charge in [0.1, 0.15) is 5.41 Å². The van der Waals surface area contributed by atoms with Crippen LogP contribution < -0.4 is 0 Å². The summed E-state index contributed by atoms with van der Waals surface area (Å²) in [6, 6.07) is 19.3. The molecule has 20 heavy (non-hydrogen) atoms. The summed E-state index contributed by atoms with van der Waals surface area (Å²) in [6.45, 7) is -0.184. The van der Waals surface area contributed by atoms with E-state index in [1.54, 1.807) is 0 Å². The maximum Gasteiger partial charge on any atom is 0.153 e. The molecule has 1 aliphatic carbocycles. The van der Waals surface area contributed by atoms with Gasteiger partial charge in [-0.3, -0.25) is 4.79 Å². The van der Waals surface area contributed by atoms with Crippen LogP contribution in [0.3, 0.4) is 0 Å². The van der Waals surface area contributed by atoms with Crippen molar-refractivity contribution in [2.75, 3.05) is 6.61 Å². The number of benzene rings is 2. The monoisotopic (exact) mass is 266 g/mol. The summed E-state index contributed by atoms with van der Waals surface area (Å²) in [7, 11) is 0. The van der Waals surface area contributed by atoms with E-state index in [2.05, 4.69) is 0 Å². The Morgan fingerprint density at radius 1 is 0.950 bits per heavy atom. The fourth-order valence-corrected chi connectivity index (χ4v) is 2.85. The molecular weight excluding hydrogens is 248 g/mol. The molecule has 2 nitrogen and oxygen atoms in total. The van der Waals surface area contributed by atoms with Crippen molar-refractivity contribution in [3.63, 3.8) is 0 Å². The lowest BCUT2D eigenvalue weighted by atomic mass is 9.70. The Labute approximate surface area is 119 Å². The van der Waals surface area contributed by atoms with E-state index < -0.39 is 5.41 Å². The van der Waals surface area contributed by atoms with Crippen molar-refractivity contribution in [2.45, 2.75) is 18.3 Å². The molecule has 102 valence electrons. The molecular formula is C18H18O2. The largest absolute Gasteiger partial charge is 0.395 e. The molecule has 1 fully saturated rings. The summed E-state index contributed by atoms with van der Waals surface area (Å²) in [5, 5.41) is 10.1. The van der Waals surface area contributed by atoms with Crippen LogP contribution in [0.5, 0.6) is 0 Å². The SMILES string of the molecule is O=C(C1CC1)C(CO)(c1ccccc1)c1ccccc1. The predicted octanol–water partition coefficient (Wildman–Crippen LogP) is 2.94. The van der Waals surface area contributed by atoms with Crippen molar-refractivity contribution in [1.82, 2.24) is 0 Å². The first kappa shape index (κ1) is 13.1. The maximum atomic E-state index is 12.9. The Morgan fingerprint density at radius 2 is 1.40 bits per heavy atom. The lowest BCUT2D eigenvalue weighted by molar-refractivity contribution is -0.125. The number of hydrogen-bond donors (Lipinski definition) is 1.